The highest BCUT2D eigenvalue weighted by atomic mass is 19.1. The number of hydrogen-bond acceptors (Lipinski definition) is 1. The standard InChI is InChI=1S/C12H22FN/c1-9(2)4-12-5-10(3)7-14(12)8-11(13)6-12/h9-11H,4-8H2,1-3H3. The van der Waals surface area contributed by atoms with Crippen molar-refractivity contribution in [3.05, 3.63) is 0 Å². The normalized spacial score (nSPS) is 43.5. The van der Waals surface area contributed by atoms with Gasteiger partial charge < -0.3 is 0 Å². The molecule has 2 aliphatic heterocycles. The molecule has 1 nitrogen and oxygen atoms in total. The summed E-state index contributed by atoms with van der Waals surface area (Å²) in [6.07, 6.45) is 2.61. The van der Waals surface area contributed by atoms with Gasteiger partial charge in [-0.3, -0.25) is 4.90 Å². The van der Waals surface area contributed by atoms with Crippen molar-refractivity contribution in [3.63, 3.8) is 0 Å². The van der Waals surface area contributed by atoms with Gasteiger partial charge in [-0.2, -0.15) is 0 Å². The Morgan fingerprint density at radius 1 is 1.36 bits per heavy atom. The summed E-state index contributed by atoms with van der Waals surface area (Å²) in [5.74, 6) is 1.45. The molecule has 2 fully saturated rings. The lowest BCUT2D eigenvalue weighted by Gasteiger charge is -2.33. The first kappa shape index (κ1) is 10.4. The highest BCUT2D eigenvalue weighted by Crippen LogP contribution is 2.45. The summed E-state index contributed by atoms with van der Waals surface area (Å²) >= 11 is 0. The summed E-state index contributed by atoms with van der Waals surface area (Å²) in [5.41, 5.74) is 0.229. The smallest absolute Gasteiger partial charge is 0.115 e. The van der Waals surface area contributed by atoms with E-state index in [1.165, 1.54) is 12.8 Å². The fourth-order valence-corrected chi connectivity index (χ4v) is 3.66. The number of hydrogen-bond donors (Lipinski definition) is 0. The second-order valence-electron chi connectivity index (χ2n) is 5.84. The summed E-state index contributed by atoms with van der Waals surface area (Å²) in [6, 6.07) is 0. The Bertz CT molecular complexity index is 200. The Kier molecular flexibility index (Phi) is 2.59. The van der Waals surface area contributed by atoms with E-state index in [-0.39, 0.29) is 5.54 Å². The first-order valence-corrected chi connectivity index (χ1v) is 5.91. The minimum Gasteiger partial charge on any atom is -0.294 e. The minimum absolute atomic E-state index is 0.229. The van der Waals surface area contributed by atoms with E-state index < -0.39 is 6.17 Å². The fraction of sp³-hybridized carbons (Fsp3) is 1.00. The van der Waals surface area contributed by atoms with Gasteiger partial charge in [-0.25, -0.2) is 4.39 Å². The Labute approximate surface area is 86.7 Å². The van der Waals surface area contributed by atoms with E-state index >= 15 is 0 Å². The predicted molar refractivity (Wildman–Crippen MR) is 57.1 cm³/mol. The van der Waals surface area contributed by atoms with E-state index in [0.717, 1.165) is 18.9 Å². The first-order valence-electron chi connectivity index (χ1n) is 5.91. The lowest BCUT2D eigenvalue weighted by molar-refractivity contribution is 0.163. The zero-order valence-corrected chi connectivity index (χ0v) is 9.59. The molecule has 3 atom stereocenters. The number of rotatable bonds is 2. The molecular weight excluding hydrogens is 177 g/mol. The second kappa shape index (κ2) is 3.48. The Hall–Kier alpha value is -0.110. The van der Waals surface area contributed by atoms with Crippen molar-refractivity contribution in [2.75, 3.05) is 13.1 Å². The van der Waals surface area contributed by atoms with Gasteiger partial charge in [0, 0.05) is 18.6 Å². The van der Waals surface area contributed by atoms with E-state index in [1.807, 2.05) is 0 Å². The van der Waals surface area contributed by atoms with Crippen molar-refractivity contribution in [1.29, 1.82) is 0 Å². The van der Waals surface area contributed by atoms with Crippen LogP contribution in [-0.4, -0.2) is 29.7 Å². The number of fused-ring (bicyclic) bond motifs is 1. The van der Waals surface area contributed by atoms with Crippen LogP contribution in [0.25, 0.3) is 0 Å². The van der Waals surface area contributed by atoms with Crippen molar-refractivity contribution in [2.24, 2.45) is 11.8 Å². The average Bonchev–Trinajstić information content (AvgIpc) is 2.36. The van der Waals surface area contributed by atoms with Gasteiger partial charge in [0.25, 0.3) is 0 Å². The number of halogens is 1. The minimum atomic E-state index is -0.568. The Morgan fingerprint density at radius 3 is 2.71 bits per heavy atom. The van der Waals surface area contributed by atoms with E-state index in [4.69, 9.17) is 0 Å². The Balaban J connectivity index is 2.12. The zero-order chi connectivity index (χ0) is 10.3. The average molecular weight is 199 g/mol. The summed E-state index contributed by atoms with van der Waals surface area (Å²) in [7, 11) is 0. The number of nitrogens with zero attached hydrogens (tertiary/aromatic N) is 1. The van der Waals surface area contributed by atoms with Crippen LogP contribution in [-0.2, 0) is 0 Å². The fourth-order valence-electron chi connectivity index (χ4n) is 3.66. The van der Waals surface area contributed by atoms with Crippen LogP contribution in [0.3, 0.4) is 0 Å². The van der Waals surface area contributed by atoms with Gasteiger partial charge in [-0.15, -0.1) is 0 Å². The molecule has 0 N–H and O–H groups in total. The van der Waals surface area contributed by atoms with Crippen LogP contribution in [0.2, 0.25) is 0 Å². The first-order chi connectivity index (χ1) is 6.52. The van der Waals surface area contributed by atoms with Crippen LogP contribution < -0.4 is 0 Å². The maximum absolute atomic E-state index is 13.4. The molecule has 0 aromatic carbocycles. The van der Waals surface area contributed by atoms with Crippen molar-refractivity contribution in [1.82, 2.24) is 4.90 Å². The van der Waals surface area contributed by atoms with Crippen LogP contribution in [0.1, 0.15) is 40.0 Å². The second-order valence-corrected chi connectivity index (χ2v) is 5.84. The molecule has 0 saturated carbocycles. The van der Waals surface area contributed by atoms with Gasteiger partial charge in [0.2, 0.25) is 0 Å². The highest BCUT2D eigenvalue weighted by Gasteiger charge is 2.50. The van der Waals surface area contributed by atoms with Crippen molar-refractivity contribution < 1.29 is 4.39 Å². The topological polar surface area (TPSA) is 3.24 Å². The van der Waals surface area contributed by atoms with Crippen LogP contribution >= 0.6 is 0 Å². The Morgan fingerprint density at radius 2 is 2.07 bits per heavy atom. The van der Waals surface area contributed by atoms with E-state index in [9.17, 15) is 4.39 Å². The summed E-state index contributed by atoms with van der Waals surface area (Å²) in [5, 5.41) is 0. The molecule has 0 aromatic heterocycles. The lowest BCUT2D eigenvalue weighted by Crippen LogP contribution is -2.39. The van der Waals surface area contributed by atoms with Gasteiger partial charge >= 0.3 is 0 Å². The summed E-state index contributed by atoms with van der Waals surface area (Å²) in [6.45, 7) is 8.61. The molecule has 0 bridgehead atoms. The molecule has 2 saturated heterocycles. The lowest BCUT2D eigenvalue weighted by atomic mass is 9.83. The van der Waals surface area contributed by atoms with Crippen molar-refractivity contribution in [2.45, 2.75) is 51.7 Å². The van der Waals surface area contributed by atoms with Gasteiger partial charge in [0.1, 0.15) is 6.17 Å². The maximum atomic E-state index is 13.4. The molecule has 82 valence electrons. The molecule has 0 radical (unpaired) electrons. The zero-order valence-electron chi connectivity index (χ0n) is 9.59. The van der Waals surface area contributed by atoms with Crippen LogP contribution in [0.5, 0.6) is 0 Å². The molecule has 3 unspecified atom stereocenters. The molecule has 0 spiro atoms. The summed E-state index contributed by atoms with van der Waals surface area (Å²) < 4.78 is 13.4. The third-order valence-corrected chi connectivity index (χ3v) is 3.74. The quantitative estimate of drug-likeness (QED) is 0.661. The highest BCUT2D eigenvalue weighted by molar-refractivity contribution is 5.05. The van der Waals surface area contributed by atoms with E-state index in [0.29, 0.717) is 12.5 Å². The van der Waals surface area contributed by atoms with Crippen LogP contribution in [0, 0.1) is 11.8 Å². The van der Waals surface area contributed by atoms with Gasteiger partial charge in [0.15, 0.2) is 0 Å². The molecule has 2 aliphatic rings. The molecule has 0 aliphatic carbocycles. The SMILES string of the molecule is CC(C)CC12CC(C)CN1CC(F)C2. The van der Waals surface area contributed by atoms with Crippen molar-refractivity contribution >= 4 is 0 Å². The molecule has 0 aromatic rings. The predicted octanol–water partition coefficient (Wildman–Crippen LogP) is 2.85. The molecule has 14 heavy (non-hydrogen) atoms. The molecule has 0 amide bonds. The van der Waals surface area contributed by atoms with Gasteiger partial charge in [-0.1, -0.05) is 20.8 Å². The molecule has 2 heterocycles. The van der Waals surface area contributed by atoms with E-state index in [2.05, 4.69) is 25.7 Å². The third kappa shape index (κ3) is 1.69. The largest absolute Gasteiger partial charge is 0.294 e. The van der Waals surface area contributed by atoms with Crippen molar-refractivity contribution in [3.8, 4) is 0 Å². The van der Waals surface area contributed by atoms with Gasteiger partial charge in [-0.05, 0) is 31.1 Å². The van der Waals surface area contributed by atoms with Gasteiger partial charge in [0.05, 0.1) is 0 Å². The third-order valence-electron chi connectivity index (χ3n) is 3.74. The number of alkyl halides is 1. The molecule has 2 rings (SSSR count). The molecule has 2 heteroatoms. The van der Waals surface area contributed by atoms with Crippen LogP contribution in [0.15, 0.2) is 0 Å². The van der Waals surface area contributed by atoms with Crippen LogP contribution in [0.4, 0.5) is 4.39 Å². The monoisotopic (exact) mass is 199 g/mol. The maximum Gasteiger partial charge on any atom is 0.115 e. The van der Waals surface area contributed by atoms with E-state index in [1.54, 1.807) is 0 Å². The molecular formula is C12H22FN. The summed E-state index contributed by atoms with van der Waals surface area (Å²) in [4.78, 5) is 2.42.